The molecule has 0 aromatic heterocycles. The number of nitrogens with zero attached hydrogens (tertiary/aromatic N) is 1. The number of ether oxygens (including phenoxy) is 1. The first-order valence-corrected chi connectivity index (χ1v) is 8.16. The summed E-state index contributed by atoms with van der Waals surface area (Å²) < 4.78 is 5.44. The topological polar surface area (TPSA) is 61.8 Å². The average Bonchev–Trinajstić information content (AvgIpc) is 2.62. The van der Waals surface area contributed by atoms with E-state index in [2.05, 4.69) is 34.5 Å². The number of piperazine rings is 1. The van der Waals surface area contributed by atoms with Crippen molar-refractivity contribution in [3.8, 4) is 5.75 Å². The molecule has 126 valence electrons. The zero-order valence-corrected chi connectivity index (χ0v) is 13.5. The van der Waals surface area contributed by atoms with Gasteiger partial charge in [0.1, 0.15) is 5.75 Å². The second-order valence-electron chi connectivity index (χ2n) is 5.89. The smallest absolute Gasteiger partial charge is 0.341 e. The van der Waals surface area contributed by atoms with Crippen LogP contribution in [0.25, 0.3) is 0 Å². The predicted molar refractivity (Wildman–Crippen MR) is 92.0 cm³/mol. The quantitative estimate of drug-likeness (QED) is 0.853. The zero-order valence-electron chi connectivity index (χ0n) is 13.5. The summed E-state index contributed by atoms with van der Waals surface area (Å²) >= 11 is 0. The van der Waals surface area contributed by atoms with Gasteiger partial charge in [-0.2, -0.15) is 0 Å². The highest BCUT2D eigenvalue weighted by Gasteiger charge is 2.24. The van der Waals surface area contributed by atoms with Gasteiger partial charge in [0.25, 0.3) is 0 Å². The third-order valence-corrected chi connectivity index (χ3v) is 4.24. The number of hydrogen-bond acceptors (Lipinski definition) is 4. The van der Waals surface area contributed by atoms with Gasteiger partial charge in [-0.3, -0.25) is 4.90 Å². The Bertz CT molecular complexity index is 675. The van der Waals surface area contributed by atoms with Gasteiger partial charge in [0.15, 0.2) is 6.61 Å². The lowest BCUT2D eigenvalue weighted by molar-refractivity contribution is -0.139. The van der Waals surface area contributed by atoms with Gasteiger partial charge >= 0.3 is 5.97 Å². The molecule has 0 aliphatic carbocycles. The fraction of sp³-hybridized carbons (Fsp3) is 0.316. The summed E-state index contributed by atoms with van der Waals surface area (Å²) in [7, 11) is 0. The molecule has 1 unspecified atom stereocenters. The number of aliphatic carboxylic acids is 1. The summed E-state index contributed by atoms with van der Waals surface area (Å²) in [5.41, 5.74) is 2.30. The molecule has 1 heterocycles. The van der Waals surface area contributed by atoms with E-state index in [9.17, 15) is 4.79 Å². The van der Waals surface area contributed by atoms with E-state index in [1.165, 1.54) is 5.56 Å². The lowest BCUT2D eigenvalue weighted by atomic mass is 10.0. The maximum atomic E-state index is 10.8. The minimum Gasteiger partial charge on any atom is -0.482 e. The van der Waals surface area contributed by atoms with E-state index in [0.29, 0.717) is 11.8 Å². The normalized spacial score (nSPS) is 18.2. The Labute approximate surface area is 141 Å². The minimum atomic E-state index is -0.964. The molecule has 1 saturated heterocycles. The molecule has 2 aromatic carbocycles. The molecule has 5 heteroatoms. The van der Waals surface area contributed by atoms with Crippen molar-refractivity contribution in [3.63, 3.8) is 0 Å². The molecule has 0 radical (unpaired) electrons. The molecule has 1 atom stereocenters. The predicted octanol–water partition coefficient (Wildman–Crippen LogP) is 2.30. The molecule has 0 saturated carbocycles. The van der Waals surface area contributed by atoms with Gasteiger partial charge < -0.3 is 15.2 Å². The molecule has 2 aromatic rings. The summed E-state index contributed by atoms with van der Waals surface area (Å²) in [5.74, 6) is -0.320. The molecule has 1 aliphatic rings. The summed E-state index contributed by atoms with van der Waals surface area (Å²) in [6, 6.07) is 18.4. The highest BCUT2D eigenvalue weighted by Crippen LogP contribution is 2.27. The lowest BCUT2D eigenvalue weighted by Crippen LogP contribution is -2.45. The van der Waals surface area contributed by atoms with Crippen molar-refractivity contribution in [2.24, 2.45) is 0 Å². The van der Waals surface area contributed by atoms with Crippen LogP contribution in [0.1, 0.15) is 17.2 Å². The number of nitrogens with one attached hydrogen (secondary N) is 1. The fourth-order valence-corrected chi connectivity index (χ4v) is 3.07. The van der Waals surface area contributed by atoms with Crippen LogP contribution >= 0.6 is 0 Å². The van der Waals surface area contributed by atoms with Crippen molar-refractivity contribution in [3.05, 3.63) is 65.7 Å². The van der Waals surface area contributed by atoms with Crippen LogP contribution in [0.5, 0.6) is 5.75 Å². The van der Waals surface area contributed by atoms with E-state index in [1.807, 2.05) is 30.3 Å². The molecule has 24 heavy (non-hydrogen) atoms. The van der Waals surface area contributed by atoms with Crippen LogP contribution in [0.3, 0.4) is 0 Å². The van der Waals surface area contributed by atoms with Gasteiger partial charge in [0.05, 0.1) is 0 Å². The van der Waals surface area contributed by atoms with Crippen LogP contribution < -0.4 is 10.1 Å². The molecule has 2 N–H and O–H groups in total. The molecule has 0 bridgehead atoms. The summed E-state index contributed by atoms with van der Waals surface area (Å²) in [5, 5.41) is 12.3. The van der Waals surface area contributed by atoms with Crippen molar-refractivity contribution in [2.75, 3.05) is 26.2 Å². The molecular formula is C19H22N2O3. The average molecular weight is 326 g/mol. The van der Waals surface area contributed by atoms with Crippen LogP contribution in [-0.2, 0) is 11.3 Å². The summed E-state index contributed by atoms with van der Waals surface area (Å²) in [6.45, 7) is 3.20. The van der Waals surface area contributed by atoms with Gasteiger partial charge in [-0.05, 0) is 11.6 Å². The first-order valence-electron chi connectivity index (χ1n) is 8.16. The number of benzene rings is 2. The number of para-hydroxylation sites is 1. The van der Waals surface area contributed by atoms with Gasteiger partial charge in [-0.1, -0.05) is 48.5 Å². The first-order chi connectivity index (χ1) is 11.7. The Morgan fingerprint density at radius 3 is 2.71 bits per heavy atom. The van der Waals surface area contributed by atoms with E-state index in [0.717, 1.165) is 31.7 Å². The molecule has 1 aliphatic heterocycles. The molecule has 0 spiro atoms. The molecule has 5 nitrogen and oxygen atoms in total. The van der Waals surface area contributed by atoms with E-state index >= 15 is 0 Å². The largest absolute Gasteiger partial charge is 0.482 e. The van der Waals surface area contributed by atoms with Crippen LogP contribution in [0.15, 0.2) is 54.6 Å². The highest BCUT2D eigenvalue weighted by molar-refractivity contribution is 5.68. The molecular weight excluding hydrogens is 304 g/mol. The van der Waals surface area contributed by atoms with Crippen molar-refractivity contribution in [1.29, 1.82) is 0 Å². The third kappa shape index (κ3) is 4.13. The second kappa shape index (κ2) is 7.95. The van der Waals surface area contributed by atoms with Crippen molar-refractivity contribution >= 4 is 5.97 Å². The Kier molecular flexibility index (Phi) is 5.46. The monoisotopic (exact) mass is 326 g/mol. The second-order valence-corrected chi connectivity index (χ2v) is 5.89. The van der Waals surface area contributed by atoms with Crippen LogP contribution in [0.2, 0.25) is 0 Å². The summed E-state index contributed by atoms with van der Waals surface area (Å²) in [6.07, 6.45) is 0. The maximum absolute atomic E-state index is 10.8. The molecule has 3 rings (SSSR count). The number of carboxylic acid groups (broad SMARTS) is 1. The fourth-order valence-electron chi connectivity index (χ4n) is 3.07. The van der Waals surface area contributed by atoms with Gasteiger partial charge in [-0.25, -0.2) is 4.79 Å². The van der Waals surface area contributed by atoms with E-state index in [-0.39, 0.29) is 6.61 Å². The first kappa shape index (κ1) is 16.5. The van der Waals surface area contributed by atoms with Gasteiger partial charge in [-0.15, -0.1) is 0 Å². The standard InChI is InChI=1S/C19H22N2O3/c22-19(23)14-24-18-9-5-4-8-16(18)13-21-11-10-20-12-17(21)15-6-2-1-3-7-15/h1-9,17,20H,10-14H2,(H,22,23). The van der Waals surface area contributed by atoms with E-state index in [4.69, 9.17) is 9.84 Å². The molecule has 1 fully saturated rings. The van der Waals surface area contributed by atoms with Crippen LogP contribution in [0.4, 0.5) is 0 Å². The Hall–Kier alpha value is -2.37. The van der Waals surface area contributed by atoms with Crippen molar-refractivity contribution in [1.82, 2.24) is 10.2 Å². The van der Waals surface area contributed by atoms with Crippen LogP contribution in [-0.4, -0.2) is 42.2 Å². The van der Waals surface area contributed by atoms with Crippen molar-refractivity contribution in [2.45, 2.75) is 12.6 Å². The van der Waals surface area contributed by atoms with Gasteiger partial charge in [0, 0.05) is 37.8 Å². The van der Waals surface area contributed by atoms with Crippen LogP contribution in [0, 0.1) is 0 Å². The van der Waals surface area contributed by atoms with Gasteiger partial charge in [0.2, 0.25) is 0 Å². The highest BCUT2D eigenvalue weighted by atomic mass is 16.5. The number of carboxylic acids is 1. The Morgan fingerprint density at radius 1 is 1.17 bits per heavy atom. The van der Waals surface area contributed by atoms with E-state index in [1.54, 1.807) is 0 Å². The lowest BCUT2D eigenvalue weighted by Gasteiger charge is -2.36. The zero-order chi connectivity index (χ0) is 16.8. The molecule has 0 amide bonds. The number of hydrogen-bond donors (Lipinski definition) is 2. The minimum absolute atomic E-state index is 0.299. The Balaban J connectivity index is 1.77. The van der Waals surface area contributed by atoms with E-state index < -0.39 is 5.97 Å². The Morgan fingerprint density at radius 2 is 1.92 bits per heavy atom. The maximum Gasteiger partial charge on any atom is 0.341 e. The number of rotatable bonds is 6. The van der Waals surface area contributed by atoms with Crippen molar-refractivity contribution < 1.29 is 14.6 Å². The SMILES string of the molecule is O=C(O)COc1ccccc1CN1CCNCC1c1ccccc1. The summed E-state index contributed by atoms with van der Waals surface area (Å²) in [4.78, 5) is 13.2. The third-order valence-electron chi connectivity index (χ3n) is 4.24. The number of carbonyl (C=O) groups is 1.